The molecule has 0 saturated carbocycles. The van der Waals surface area contributed by atoms with Gasteiger partial charge in [0, 0.05) is 0 Å². The first-order valence-corrected chi connectivity index (χ1v) is 3.67. The molecule has 0 bridgehead atoms. The van der Waals surface area contributed by atoms with Crippen molar-refractivity contribution in [3.63, 3.8) is 0 Å². The van der Waals surface area contributed by atoms with Crippen molar-refractivity contribution in [1.29, 1.82) is 0 Å². The molecule has 11 heavy (non-hydrogen) atoms. The van der Waals surface area contributed by atoms with Crippen molar-refractivity contribution >= 4 is 0 Å². The van der Waals surface area contributed by atoms with Crippen molar-refractivity contribution < 1.29 is 9.50 Å². The van der Waals surface area contributed by atoms with Gasteiger partial charge in [-0.25, -0.2) is 4.39 Å². The minimum Gasteiger partial charge on any atom is -0.388 e. The third kappa shape index (κ3) is 2.02. The Bertz CT molecular complexity index is 235. The number of hydrogen-bond donors (Lipinski definition) is 1. The van der Waals surface area contributed by atoms with Crippen LogP contribution in [0.15, 0.2) is 24.3 Å². The molecular weight excluding hydrogens is 143 g/mol. The molecule has 1 nitrogen and oxygen atoms in total. The highest BCUT2D eigenvalue weighted by molar-refractivity contribution is 5.18. The zero-order chi connectivity index (χ0) is 8.27. The summed E-state index contributed by atoms with van der Waals surface area (Å²) in [5.41, 5.74) is 0.646. The SMILES string of the molecule is CC[C@H](O)c1cccc(F)c1. The zero-order valence-corrected chi connectivity index (χ0v) is 6.42. The third-order valence-electron chi connectivity index (χ3n) is 1.62. The molecule has 2 heteroatoms. The fraction of sp³-hybridized carbons (Fsp3) is 0.333. The monoisotopic (exact) mass is 154 g/mol. The number of rotatable bonds is 2. The van der Waals surface area contributed by atoms with E-state index in [-0.39, 0.29) is 5.82 Å². The topological polar surface area (TPSA) is 20.2 Å². The lowest BCUT2D eigenvalue weighted by Crippen LogP contribution is -1.94. The Kier molecular flexibility index (Phi) is 2.60. The van der Waals surface area contributed by atoms with Crippen molar-refractivity contribution in [3.05, 3.63) is 35.6 Å². The Morgan fingerprint density at radius 1 is 1.55 bits per heavy atom. The molecule has 1 rings (SSSR count). The second-order valence-electron chi connectivity index (χ2n) is 2.48. The van der Waals surface area contributed by atoms with Gasteiger partial charge in [0.25, 0.3) is 0 Å². The van der Waals surface area contributed by atoms with Gasteiger partial charge in [0.2, 0.25) is 0 Å². The van der Waals surface area contributed by atoms with Gasteiger partial charge in [-0.15, -0.1) is 0 Å². The standard InChI is InChI=1S/C9H11FO/c1-2-9(11)7-4-3-5-8(10)6-7/h3-6,9,11H,2H2,1H3/t9-/m0/s1. The van der Waals surface area contributed by atoms with Crippen molar-refractivity contribution in [1.82, 2.24) is 0 Å². The van der Waals surface area contributed by atoms with E-state index in [9.17, 15) is 9.50 Å². The molecule has 0 aromatic heterocycles. The van der Waals surface area contributed by atoms with Crippen LogP contribution in [0.25, 0.3) is 0 Å². The highest BCUT2D eigenvalue weighted by Crippen LogP contribution is 2.16. The molecule has 0 spiro atoms. The van der Waals surface area contributed by atoms with Crippen molar-refractivity contribution in [2.75, 3.05) is 0 Å². The molecule has 0 aliphatic heterocycles. The number of benzene rings is 1. The summed E-state index contributed by atoms with van der Waals surface area (Å²) in [6.45, 7) is 1.86. The van der Waals surface area contributed by atoms with Crippen LogP contribution >= 0.6 is 0 Å². The van der Waals surface area contributed by atoms with Crippen LogP contribution in [0.5, 0.6) is 0 Å². The van der Waals surface area contributed by atoms with Crippen LogP contribution in [0, 0.1) is 5.82 Å². The van der Waals surface area contributed by atoms with E-state index in [2.05, 4.69) is 0 Å². The maximum atomic E-state index is 12.6. The minimum atomic E-state index is -0.536. The molecule has 60 valence electrons. The number of hydrogen-bond acceptors (Lipinski definition) is 1. The quantitative estimate of drug-likeness (QED) is 0.692. The Balaban J connectivity index is 2.86. The molecule has 1 N–H and O–H groups in total. The van der Waals surface area contributed by atoms with E-state index in [0.29, 0.717) is 12.0 Å². The fourth-order valence-corrected chi connectivity index (χ4v) is 0.950. The molecule has 0 heterocycles. The van der Waals surface area contributed by atoms with Gasteiger partial charge in [0.15, 0.2) is 0 Å². The molecule has 0 fully saturated rings. The first-order valence-electron chi connectivity index (χ1n) is 3.67. The van der Waals surface area contributed by atoms with Crippen LogP contribution < -0.4 is 0 Å². The van der Waals surface area contributed by atoms with Gasteiger partial charge >= 0.3 is 0 Å². The largest absolute Gasteiger partial charge is 0.388 e. The Morgan fingerprint density at radius 3 is 2.82 bits per heavy atom. The van der Waals surface area contributed by atoms with E-state index < -0.39 is 6.10 Å². The summed E-state index contributed by atoms with van der Waals surface area (Å²) in [7, 11) is 0. The lowest BCUT2D eigenvalue weighted by Gasteiger charge is -2.06. The van der Waals surface area contributed by atoms with Crippen LogP contribution in [0.1, 0.15) is 25.0 Å². The van der Waals surface area contributed by atoms with E-state index in [4.69, 9.17) is 0 Å². The van der Waals surface area contributed by atoms with Gasteiger partial charge in [0.05, 0.1) is 6.10 Å². The molecular formula is C9H11FO. The van der Waals surface area contributed by atoms with Crippen molar-refractivity contribution in [3.8, 4) is 0 Å². The molecule has 0 saturated heterocycles. The smallest absolute Gasteiger partial charge is 0.123 e. The predicted octanol–water partition coefficient (Wildman–Crippen LogP) is 2.27. The second kappa shape index (κ2) is 3.49. The van der Waals surface area contributed by atoms with E-state index in [1.54, 1.807) is 12.1 Å². The first kappa shape index (κ1) is 8.21. The molecule has 1 atom stereocenters. The molecule has 0 unspecified atom stereocenters. The fourth-order valence-electron chi connectivity index (χ4n) is 0.950. The average Bonchev–Trinajstić information content (AvgIpc) is 2.03. The summed E-state index contributed by atoms with van der Waals surface area (Å²) in [6, 6.07) is 6.04. The Morgan fingerprint density at radius 2 is 2.27 bits per heavy atom. The highest BCUT2D eigenvalue weighted by atomic mass is 19.1. The third-order valence-corrected chi connectivity index (χ3v) is 1.62. The lowest BCUT2D eigenvalue weighted by atomic mass is 10.1. The predicted molar refractivity (Wildman–Crippen MR) is 41.7 cm³/mol. The van der Waals surface area contributed by atoms with Gasteiger partial charge in [-0.2, -0.15) is 0 Å². The van der Waals surface area contributed by atoms with Crippen molar-refractivity contribution in [2.45, 2.75) is 19.4 Å². The maximum Gasteiger partial charge on any atom is 0.123 e. The van der Waals surface area contributed by atoms with Crippen molar-refractivity contribution in [2.24, 2.45) is 0 Å². The number of halogens is 1. The molecule has 0 radical (unpaired) electrons. The van der Waals surface area contributed by atoms with Gasteiger partial charge < -0.3 is 5.11 Å². The summed E-state index contributed by atoms with van der Waals surface area (Å²) in [5.74, 6) is -0.296. The average molecular weight is 154 g/mol. The van der Waals surface area contributed by atoms with E-state index in [0.717, 1.165) is 0 Å². The summed E-state index contributed by atoms with van der Waals surface area (Å²) in [5, 5.41) is 9.29. The normalized spacial score (nSPS) is 13.0. The number of aliphatic hydroxyl groups excluding tert-OH is 1. The first-order chi connectivity index (χ1) is 5.24. The van der Waals surface area contributed by atoms with Gasteiger partial charge in [-0.3, -0.25) is 0 Å². The highest BCUT2D eigenvalue weighted by Gasteiger charge is 2.03. The molecule has 0 amide bonds. The molecule has 1 aromatic rings. The van der Waals surface area contributed by atoms with Crippen LogP contribution in [0.4, 0.5) is 4.39 Å². The Labute approximate surface area is 65.5 Å². The van der Waals surface area contributed by atoms with Crippen LogP contribution in [-0.4, -0.2) is 5.11 Å². The second-order valence-corrected chi connectivity index (χ2v) is 2.48. The number of aliphatic hydroxyl groups is 1. The zero-order valence-electron chi connectivity index (χ0n) is 6.42. The van der Waals surface area contributed by atoms with Crippen LogP contribution in [-0.2, 0) is 0 Å². The van der Waals surface area contributed by atoms with E-state index in [1.807, 2.05) is 6.92 Å². The molecule has 0 aliphatic carbocycles. The molecule has 0 aliphatic rings. The summed E-state index contributed by atoms with van der Waals surface area (Å²) in [4.78, 5) is 0. The van der Waals surface area contributed by atoms with Gasteiger partial charge in [0.1, 0.15) is 5.82 Å². The summed E-state index contributed by atoms with van der Waals surface area (Å²) in [6.07, 6.45) is 0.0781. The van der Waals surface area contributed by atoms with Gasteiger partial charge in [-0.1, -0.05) is 19.1 Å². The summed E-state index contributed by atoms with van der Waals surface area (Å²) < 4.78 is 12.6. The van der Waals surface area contributed by atoms with E-state index in [1.165, 1.54) is 12.1 Å². The van der Waals surface area contributed by atoms with E-state index >= 15 is 0 Å². The lowest BCUT2D eigenvalue weighted by molar-refractivity contribution is 0.173. The summed E-state index contributed by atoms with van der Waals surface area (Å²) >= 11 is 0. The van der Waals surface area contributed by atoms with Crippen LogP contribution in [0.2, 0.25) is 0 Å². The van der Waals surface area contributed by atoms with Crippen LogP contribution in [0.3, 0.4) is 0 Å². The Hall–Kier alpha value is -0.890. The van der Waals surface area contributed by atoms with Gasteiger partial charge in [-0.05, 0) is 24.1 Å². The molecule has 1 aromatic carbocycles. The minimum absolute atomic E-state index is 0.296. The maximum absolute atomic E-state index is 12.6.